The van der Waals surface area contributed by atoms with E-state index in [-0.39, 0.29) is 6.04 Å². The molecule has 1 atom stereocenters. The van der Waals surface area contributed by atoms with Crippen LogP contribution in [0.25, 0.3) is 11.5 Å². The fourth-order valence-corrected chi connectivity index (χ4v) is 4.17. The van der Waals surface area contributed by atoms with Crippen molar-refractivity contribution in [2.75, 3.05) is 13.2 Å². The number of aromatic nitrogens is 4. The zero-order valence-corrected chi connectivity index (χ0v) is 19.0. The van der Waals surface area contributed by atoms with Crippen molar-refractivity contribution in [1.29, 1.82) is 0 Å². The SMILES string of the molecule is C[Si](C)(C)CCOCn1c(-c2ncc(Br)cn2)cnc1[C@@H]1CCCN1C(=O)O. The second-order valence-corrected chi connectivity index (χ2v) is 14.7. The molecule has 2 aromatic heterocycles. The van der Waals surface area contributed by atoms with Gasteiger partial charge in [-0.2, -0.15) is 0 Å². The van der Waals surface area contributed by atoms with Crippen molar-refractivity contribution in [3.05, 3.63) is 28.9 Å². The molecule has 0 spiro atoms. The number of nitrogens with zero attached hydrogens (tertiary/aromatic N) is 5. The van der Waals surface area contributed by atoms with Crippen LogP contribution in [-0.4, -0.2) is 56.8 Å². The third kappa shape index (κ3) is 4.98. The molecule has 0 bridgehead atoms. The molecule has 3 rings (SSSR count). The Morgan fingerprint density at radius 1 is 1.29 bits per heavy atom. The monoisotopic (exact) mass is 467 g/mol. The van der Waals surface area contributed by atoms with Crippen molar-refractivity contribution in [3.8, 4) is 11.5 Å². The van der Waals surface area contributed by atoms with Crippen LogP contribution in [0.3, 0.4) is 0 Å². The largest absolute Gasteiger partial charge is 0.465 e. The zero-order chi connectivity index (χ0) is 20.3. The lowest BCUT2D eigenvalue weighted by molar-refractivity contribution is 0.0814. The normalized spacial score (nSPS) is 17.3. The van der Waals surface area contributed by atoms with Gasteiger partial charge in [-0.1, -0.05) is 19.6 Å². The number of carbonyl (C=O) groups is 1. The van der Waals surface area contributed by atoms with Gasteiger partial charge in [-0.3, -0.25) is 9.47 Å². The third-order valence-corrected chi connectivity index (χ3v) is 6.86. The molecule has 0 aromatic carbocycles. The van der Waals surface area contributed by atoms with Crippen LogP contribution in [0.1, 0.15) is 24.7 Å². The highest BCUT2D eigenvalue weighted by Gasteiger charge is 2.34. The maximum Gasteiger partial charge on any atom is 0.407 e. The lowest BCUT2D eigenvalue weighted by Gasteiger charge is -2.23. The summed E-state index contributed by atoms with van der Waals surface area (Å²) in [6, 6.07) is 0.786. The maximum absolute atomic E-state index is 11.6. The van der Waals surface area contributed by atoms with Crippen molar-refractivity contribution in [3.63, 3.8) is 0 Å². The third-order valence-electron chi connectivity index (χ3n) is 4.75. The molecule has 0 radical (unpaired) electrons. The minimum atomic E-state index is -1.19. The van der Waals surface area contributed by atoms with E-state index in [1.807, 2.05) is 4.57 Å². The summed E-state index contributed by atoms with van der Waals surface area (Å²) in [7, 11) is -1.19. The van der Waals surface area contributed by atoms with Gasteiger partial charge < -0.3 is 9.84 Å². The first-order valence-corrected chi connectivity index (χ1v) is 13.9. The molecule has 28 heavy (non-hydrogen) atoms. The average Bonchev–Trinajstić information content (AvgIpc) is 3.25. The molecule has 1 aliphatic rings. The van der Waals surface area contributed by atoms with Gasteiger partial charge in [0.15, 0.2) is 5.82 Å². The van der Waals surface area contributed by atoms with Gasteiger partial charge in [0.25, 0.3) is 0 Å². The molecule has 0 aliphatic carbocycles. The molecule has 1 fully saturated rings. The molecular formula is C18H26BrN5O3Si. The Kier molecular flexibility index (Phi) is 6.51. The Labute approximate surface area is 174 Å². The van der Waals surface area contributed by atoms with Gasteiger partial charge in [-0.05, 0) is 34.8 Å². The van der Waals surface area contributed by atoms with E-state index in [2.05, 4.69) is 50.5 Å². The second kappa shape index (κ2) is 8.71. The minimum Gasteiger partial charge on any atom is -0.465 e. The summed E-state index contributed by atoms with van der Waals surface area (Å²) in [5.41, 5.74) is 0.729. The van der Waals surface area contributed by atoms with Crippen molar-refractivity contribution in [1.82, 2.24) is 24.4 Å². The van der Waals surface area contributed by atoms with Crippen LogP contribution in [0.15, 0.2) is 23.1 Å². The van der Waals surface area contributed by atoms with Gasteiger partial charge in [0, 0.05) is 33.6 Å². The number of hydrogen-bond donors (Lipinski definition) is 1. The summed E-state index contributed by atoms with van der Waals surface area (Å²) in [6.07, 6.45) is 5.73. The first kappa shape index (κ1) is 20.9. The molecule has 2 aromatic rings. The number of likely N-dealkylation sites (tertiary alicyclic amines) is 1. The van der Waals surface area contributed by atoms with E-state index in [0.29, 0.717) is 31.5 Å². The van der Waals surface area contributed by atoms with Gasteiger partial charge >= 0.3 is 6.09 Å². The Morgan fingerprint density at radius 3 is 2.64 bits per heavy atom. The van der Waals surface area contributed by atoms with Crippen LogP contribution in [0.4, 0.5) is 4.79 Å². The van der Waals surface area contributed by atoms with Crippen LogP contribution in [0.2, 0.25) is 25.7 Å². The standard InChI is InChI=1S/C18H26BrN5O3Si/c1-28(2,3)8-7-27-12-24-15(16-20-9-13(19)10-21-16)11-22-17(24)14-5-4-6-23(14)18(25)26/h9-11,14H,4-8,12H2,1-3H3,(H,25,26)/t14-/m0/s1. The van der Waals surface area contributed by atoms with E-state index in [0.717, 1.165) is 29.1 Å². The lowest BCUT2D eigenvalue weighted by atomic mass is 10.2. The fraction of sp³-hybridized carbons (Fsp3) is 0.556. The Balaban J connectivity index is 1.88. The summed E-state index contributed by atoms with van der Waals surface area (Å²) in [4.78, 5) is 26.4. The van der Waals surface area contributed by atoms with E-state index in [4.69, 9.17) is 4.74 Å². The first-order valence-electron chi connectivity index (χ1n) is 9.37. The average molecular weight is 468 g/mol. The van der Waals surface area contributed by atoms with Gasteiger partial charge in [0.2, 0.25) is 0 Å². The zero-order valence-electron chi connectivity index (χ0n) is 16.4. The number of carboxylic acid groups (broad SMARTS) is 1. The van der Waals surface area contributed by atoms with Gasteiger partial charge in [0.05, 0.1) is 16.7 Å². The Bertz CT molecular complexity index is 822. The summed E-state index contributed by atoms with van der Waals surface area (Å²) >= 11 is 3.35. The number of amides is 1. The van der Waals surface area contributed by atoms with Crippen molar-refractivity contribution in [2.24, 2.45) is 0 Å². The maximum atomic E-state index is 11.6. The minimum absolute atomic E-state index is 0.276. The van der Waals surface area contributed by atoms with Crippen molar-refractivity contribution in [2.45, 2.75) is 51.3 Å². The van der Waals surface area contributed by atoms with E-state index < -0.39 is 14.2 Å². The second-order valence-electron chi connectivity index (χ2n) is 8.14. The Morgan fingerprint density at radius 2 is 2.00 bits per heavy atom. The van der Waals surface area contributed by atoms with Crippen LogP contribution in [-0.2, 0) is 11.5 Å². The molecule has 0 unspecified atom stereocenters. The summed E-state index contributed by atoms with van der Waals surface area (Å²) in [5, 5.41) is 9.53. The lowest BCUT2D eigenvalue weighted by Crippen LogP contribution is -2.31. The van der Waals surface area contributed by atoms with Gasteiger partial charge in [0.1, 0.15) is 18.2 Å². The van der Waals surface area contributed by atoms with E-state index in [1.165, 1.54) is 4.90 Å². The highest BCUT2D eigenvalue weighted by atomic mass is 79.9. The van der Waals surface area contributed by atoms with Crippen LogP contribution >= 0.6 is 15.9 Å². The smallest absolute Gasteiger partial charge is 0.407 e. The number of hydrogen-bond acceptors (Lipinski definition) is 5. The Hall–Kier alpha value is -1.78. The molecule has 0 saturated carbocycles. The molecule has 8 nitrogen and oxygen atoms in total. The van der Waals surface area contributed by atoms with E-state index in [1.54, 1.807) is 18.6 Å². The van der Waals surface area contributed by atoms with Crippen molar-refractivity contribution < 1.29 is 14.6 Å². The molecule has 1 aliphatic heterocycles. The summed E-state index contributed by atoms with van der Waals surface area (Å²) < 4.78 is 8.67. The van der Waals surface area contributed by atoms with Crippen LogP contribution < -0.4 is 0 Å². The number of imidazole rings is 1. The van der Waals surface area contributed by atoms with E-state index >= 15 is 0 Å². The molecule has 152 valence electrons. The summed E-state index contributed by atoms with van der Waals surface area (Å²) in [6.45, 7) is 8.42. The highest BCUT2D eigenvalue weighted by molar-refractivity contribution is 9.10. The van der Waals surface area contributed by atoms with Crippen LogP contribution in [0.5, 0.6) is 0 Å². The van der Waals surface area contributed by atoms with Crippen LogP contribution in [0, 0.1) is 0 Å². The highest BCUT2D eigenvalue weighted by Crippen LogP contribution is 2.33. The topological polar surface area (TPSA) is 93.4 Å². The van der Waals surface area contributed by atoms with E-state index in [9.17, 15) is 9.90 Å². The molecular weight excluding hydrogens is 442 g/mol. The number of ether oxygens (including phenoxy) is 1. The predicted molar refractivity (Wildman–Crippen MR) is 112 cm³/mol. The summed E-state index contributed by atoms with van der Waals surface area (Å²) in [5.74, 6) is 1.23. The van der Waals surface area contributed by atoms with Gasteiger partial charge in [-0.15, -0.1) is 0 Å². The molecule has 1 amide bonds. The number of halogens is 1. The predicted octanol–water partition coefficient (Wildman–Crippen LogP) is 4.23. The fourth-order valence-electron chi connectivity index (χ4n) is 3.21. The van der Waals surface area contributed by atoms with Gasteiger partial charge in [-0.25, -0.2) is 19.7 Å². The molecule has 1 saturated heterocycles. The molecule has 3 heterocycles. The number of rotatable bonds is 7. The molecule has 1 N–H and O–H groups in total. The quantitative estimate of drug-likeness (QED) is 0.483. The molecule has 10 heteroatoms. The van der Waals surface area contributed by atoms with Crippen molar-refractivity contribution >= 4 is 30.1 Å². The first-order chi connectivity index (χ1) is 13.3.